The van der Waals surface area contributed by atoms with Gasteiger partial charge in [-0.1, -0.05) is 12.1 Å². The molecule has 0 saturated carbocycles. The maximum absolute atomic E-state index is 5.90. The summed E-state index contributed by atoms with van der Waals surface area (Å²) in [7, 11) is -0.834. The van der Waals surface area contributed by atoms with Crippen molar-refractivity contribution in [1.82, 2.24) is 0 Å². The molecule has 76 valence electrons. The first-order chi connectivity index (χ1) is 6.57. The van der Waals surface area contributed by atoms with Crippen LogP contribution in [0.3, 0.4) is 0 Å². The zero-order valence-electron chi connectivity index (χ0n) is 7.10. The van der Waals surface area contributed by atoms with Gasteiger partial charge in [-0.05, 0) is 11.3 Å². The summed E-state index contributed by atoms with van der Waals surface area (Å²) in [6.07, 6.45) is 0. The maximum atomic E-state index is 5.90. The molecule has 0 N–H and O–H groups in total. The van der Waals surface area contributed by atoms with E-state index in [-0.39, 0.29) is 0 Å². The lowest BCUT2D eigenvalue weighted by atomic mass is 10.2. The minimum absolute atomic E-state index is 0.574. The average Bonchev–Trinajstić information content (AvgIpc) is 2.16. The molecule has 7 heteroatoms. The van der Waals surface area contributed by atoms with Gasteiger partial charge in [0, 0.05) is 5.56 Å². The van der Waals surface area contributed by atoms with E-state index in [9.17, 15) is 0 Å². The van der Waals surface area contributed by atoms with E-state index in [2.05, 4.69) is 0 Å². The zero-order chi connectivity index (χ0) is 10.2. The molecule has 0 saturated heterocycles. The molecule has 0 aromatic heterocycles. The molecule has 0 aliphatic carbocycles. The molecule has 0 atom stereocenters. The predicted octanol–water partition coefficient (Wildman–Crippen LogP) is 1.46. The third-order valence-corrected chi connectivity index (χ3v) is 5.67. The number of halogens is 3. The summed E-state index contributed by atoms with van der Waals surface area (Å²) in [5.74, 6) is 0.870. The summed E-state index contributed by atoms with van der Waals surface area (Å²) in [6.45, 7) is 0.574. The van der Waals surface area contributed by atoms with E-state index in [1.807, 2.05) is 18.2 Å². The summed E-state index contributed by atoms with van der Waals surface area (Å²) in [5, 5.41) is 0.775. The fourth-order valence-corrected chi connectivity index (χ4v) is 3.73. The molecule has 0 radical (unpaired) electrons. The van der Waals surface area contributed by atoms with E-state index >= 15 is 0 Å². The van der Waals surface area contributed by atoms with Gasteiger partial charge in [-0.2, -0.15) is 0 Å². The minimum Gasteiger partial charge on any atom is -0.524 e. The van der Waals surface area contributed by atoms with Gasteiger partial charge in [-0.3, -0.25) is 0 Å². The van der Waals surface area contributed by atoms with E-state index < -0.39 is 16.0 Å². The van der Waals surface area contributed by atoms with Crippen molar-refractivity contribution in [2.24, 2.45) is 0 Å². The number of benzene rings is 1. The van der Waals surface area contributed by atoms with Crippen molar-refractivity contribution in [3.05, 3.63) is 23.8 Å². The molecular formula is C7H7Cl3O2Si2. The van der Waals surface area contributed by atoms with Crippen LogP contribution >= 0.6 is 33.2 Å². The third kappa shape index (κ3) is 2.26. The molecule has 1 aromatic carbocycles. The first kappa shape index (κ1) is 10.8. The molecular weight excluding hydrogens is 279 g/mol. The summed E-state index contributed by atoms with van der Waals surface area (Å²) in [5.41, 5.74) is 0.972. The van der Waals surface area contributed by atoms with Crippen LogP contribution < -0.4 is 9.61 Å². The Morgan fingerprint density at radius 3 is 2.79 bits per heavy atom. The number of fused-ring (bicyclic) bond motifs is 1. The van der Waals surface area contributed by atoms with Crippen LogP contribution in [0.5, 0.6) is 5.75 Å². The highest BCUT2D eigenvalue weighted by Crippen LogP contribution is 2.25. The van der Waals surface area contributed by atoms with Crippen molar-refractivity contribution in [3.8, 4) is 5.75 Å². The topological polar surface area (TPSA) is 18.5 Å². The van der Waals surface area contributed by atoms with Gasteiger partial charge in [0.1, 0.15) is 5.75 Å². The van der Waals surface area contributed by atoms with Gasteiger partial charge >= 0.3 is 16.0 Å². The number of hydrogen-bond acceptors (Lipinski definition) is 2. The highest BCUT2D eigenvalue weighted by Gasteiger charge is 2.29. The molecule has 1 aliphatic rings. The Kier molecular flexibility index (Phi) is 3.11. The highest BCUT2D eigenvalue weighted by molar-refractivity contribution is 7.69. The fraction of sp³-hybridized carbons (Fsp3) is 0.143. The van der Waals surface area contributed by atoms with E-state index in [1.54, 1.807) is 0 Å². The molecule has 0 fully saturated rings. The smallest absolute Gasteiger partial charge is 0.372 e. The van der Waals surface area contributed by atoms with Gasteiger partial charge in [0.2, 0.25) is 0 Å². The van der Waals surface area contributed by atoms with Crippen LogP contribution in [-0.2, 0) is 11.0 Å². The van der Waals surface area contributed by atoms with Crippen molar-refractivity contribution < 1.29 is 8.85 Å². The molecule has 2 nitrogen and oxygen atoms in total. The molecule has 0 spiro atoms. The van der Waals surface area contributed by atoms with Crippen LogP contribution in [0.1, 0.15) is 5.56 Å². The molecule has 1 aromatic rings. The highest BCUT2D eigenvalue weighted by atomic mass is 35.8. The first-order valence-corrected chi connectivity index (χ1v) is 10.2. The molecule has 14 heavy (non-hydrogen) atoms. The number of hydrogen-bond donors (Lipinski definition) is 0. The summed E-state index contributed by atoms with van der Waals surface area (Å²) in [4.78, 5) is 0. The van der Waals surface area contributed by atoms with E-state index in [1.165, 1.54) is 0 Å². The van der Waals surface area contributed by atoms with Gasteiger partial charge in [-0.25, -0.2) is 0 Å². The van der Waals surface area contributed by atoms with Gasteiger partial charge in [0.25, 0.3) is 0 Å². The van der Waals surface area contributed by atoms with Crippen LogP contribution in [0.25, 0.3) is 0 Å². The lowest BCUT2D eigenvalue weighted by Crippen LogP contribution is -2.31. The van der Waals surface area contributed by atoms with E-state index in [0.717, 1.165) is 16.5 Å². The van der Waals surface area contributed by atoms with Gasteiger partial charge < -0.3 is 8.85 Å². The zero-order valence-corrected chi connectivity index (χ0v) is 11.8. The number of rotatable bonds is 1. The van der Waals surface area contributed by atoms with Crippen LogP contribution in [0.15, 0.2) is 18.2 Å². The Morgan fingerprint density at radius 1 is 1.29 bits per heavy atom. The largest absolute Gasteiger partial charge is 0.524 e. The Labute approximate surface area is 99.2 Å². The normalized spacial score (nSPS) is 17.6. The Hall–Kier alpha value is 0.284. The Bertz CT molecular complexity index is 353. The molecule has 1 aliphatic heterocycles. The summed E-state index contributed by atoms with van der Waals surface area (Å²) >= 11 is 17.7. The Balaban J connectivity index is 2.39. The molecule has 1 heterocycles. The molecule has 0 bridgehead atoms. The SMILES string of the molecule is Cl[Si](Cl)(Cl)c1ccc2c(c1)CO[SiH2]O2. The second-order valence-corrected chi connectivity index (χ2v) is 12.3. The van der Waals surface area contributed by atoms with E-state index in [4.69, 9.17) is 42.1 Å². The molecule has 0 unspecified atom stereocenters. The predicted molar refractivity (Wildman–Crippen MR) is 63.4 cm³/mol. The summed E-state index contributed by atoms with van der Waals surface area (Å²) in [6, 6.07) is 2.76. The van der Waals surface area contributed by atoms with E-state index in [0.29, 0.717) is 6.61 Å². The second kappa shape index (κ2) is 4.04. The lowest BCUT2D eigenvalue weighted by molar-refractivity contribution is 0.252. The Morgan fingerprint density at radius 2 is 2.07 bits per heavy atom. The molecule has 2 rings (SSSR count). The monoisotopic (exact) mass is 284 g/mol. The quantitative estimate of drug-likeness (QED) is 0.574. The average molecular weight is 286 g/mol. The molecule has 0 amide bonds. The van der Waals surface area contributed by atoms with Crippen molar-refractivity contribution in [2.75, 3.05) is 0 Å². The van der Waals surface area contributed by atoms with Crippen LogP contribution in [0, 0.1) is 0 Å². The van der Waals surface area contributed by atoms with Crippen molar-refractivity contribution in [3.63, 3.8) is 0 Å². The van der Waals surface area contributed by atoms with Crippen LogP contribution in [0.4, 0.5) is 0 Å². The fourth-order valence-electron chi connectivity index (χ4n) is 1.27. The van der Waals surface area contributed by atoms with Crippen molar-refractivity contribution in [2.45, 2.75) is 6.61 Å². The van der Waals surface area contributed by atoms with Crippen LogP contribution in [0.2, 0.25) is 0 Å². The van der Waals surface area contributed by atoms with Gasteiger partial charge in [0.15, 0.2) is 0 Å². The van der Waals surface area contributed by atoms with Crippen molar-refractivity contribution >= 4 is 54.4 Å². The maximum Gasteiger partial charge on any atom is 0.372 e. The summed E-state index contributed by atoms with van der Waals surface area (Å²) < 4.78 is 10.7. The minimum atomic E-state index is -2.78. The second-order valence-electron chi connectivity index (χ2n) is 2.93. The van der Waals surface area contributed by atoms with Crippen LogP contribution in [-0.4, -0.2) is 16.0 Å². The third-order valence-electron chi connectivity index (χ3n) is 1.94. The first-order valence-electron chi connectivity index (χ1n) is 3.98. The van der Waals surface area contributed by atoms with Gasteiger partial charge in [0.05, 0.1) is 6.61 Å². The van der Waals surface area contributed by atoms with Crippen molar-refractivity contribution in [1.29, 1.82) is 0 Å². The van der Waals surface area contributed by atoms with Gasteiger partial charge in [-0.15, -0.1) is 33.2 Å². The lowest BCUT2D eigenvalue weighted by Gasteiger charge is -2.19. The standard InChI is InChI=1S/C7H7Cl3O2Si2/c8-14(9,10)6-1-2-7-5(3-6)4-11-13-12-7/h1-3H,4,13H2.